The van der Waals surface area contributed by atoms with Gasteiger partial charge in [-0.25, -0.2) is 0 Å². The van der Waals surface area contributed by atoms with E-state index >= 15 is 0 Å². The molecule has 1 saturated heterocycles. The number of carbonyl (C=O) groups excluding carboxylic acids is 1. The van der Waals surface area contributed by atoms with Crippen LogP contribution in [0.2, 0.25) is 5.02 Å². The average Bonchev–Trinajstić information content (AvgIpc) is 3.53. The predicted molar refractivity (Wildman–Crippen MR) is 113 cm³/mol. The van der Waals surface area contributed by atoms with E-state index in [2.05, 4.69) is 22.3 Å². The second-order valence-corrected chi connectivity index (χ2v) is 8.46. The smallest absolute Gasteiger partial charge is 0.306 e. The van der Waals surface area contributed by atoms with Crippen LogP contribution in [0.15, 0.2) is 48.5 Å². The number of rotatable bonds is 6. The molecule has 2 aliphatic rings. The summed E-state index contributed by atoms with van der Waals surface area (Å²) in [6.07, 6.45) is 2.22. The molecule has 2 aromatic rings. The van der Waals surface area contributed by atoms with Crippen molar-refractivity contribution in [1.82, 2.24) is 4.90 Å². The average molecular weight is 413 g/mol. The number of anilines is 1. The maximum atomic E-state index is 12.7. The van der Waals surface area contributed by atoms with E-state index in [0.717, 1.165) is 31.6 Å². The third-order valence-corrected chi connectivity index (χ3v) is 6.32. The van der Waals surface area contributed by atoms with Crippen molar-refractivity contribution in [3.63, 3.8) is 0 Å². The van der Waals surface area contributed by atoms with Crippen LogP contribution in [0.5, 0.6) is 0 Å². The van der Waals surface area contributed by atoms with Crippen molar-refractivity contribution in [3.8, 4) is 0 Å². The van der Waals surface area contributed by atoms with Crippen LogP contribution in [0.25, 0.3) is 0 Å². The number of aliphatic carboxylic acids is 1. The fourth-order valence-electron chi connectivity index (χ4n) is 4.14. The van der Waals surface area contributed by atoms with Gasteiger partial charge in [-0.1, -0.05) is 48.0 Å². The van der Waals surface area contributed by atoms with Gasteiger partial charge in [0.2, 0.25) is 5.91 Å². The van der Waals surface area contributed by atoms with E-state index in [1.54, 1.807) is 0 Å². The Hall–Kier alpha value is -2.37. The summed E-state index contributed by atoms with van der Waals surface area (Å²) in [7, 11) is 0. The standard InChI is InChI=1S/C23H25ClN2O3/c24-20-7-6-15(14-26-10-8-17(9-11-26)23(28)29)12-21(20)25-22(27)19-13-18(19)16-4-2-1-3-5-16/h1-7,12,17-19H,8-11,13-14H2,(H,25,27)(H,28,29). The number of halogens is 1. The molecule has 2 N–H and O–H groups in total. The van der Waals surface area contributed by atoms with Gasteiger partial charge in [-0.15, -0.1) is 0 Å². The molecule has 2 aromatic carbocycles. The number of likely N-dealkylation sites (tertiary alicyclic amines) is 1. The Kier molecular flexibility index (Phi) is 5.88. The van der Waals surface area contributed by atoms with E-state index in [1.807, 2.05) is 36.4 Å². The summed E-state index contributed by atoms with van der Waals surface area (Å²) in [6, 6.07) is 15.8. The summed E-state index contributed by atoms with van der Waals surface area (Å²) < 4.78 is 0. The van der Waals surface area contributed by atoms with E-state index in [9.17, 15) is 9.59 Å². The molecule has 5 nitrogen and oxygen atoms in total. The van der Waals surface area contributed by atoms with Gasteiger partial charge in [0.15, 0.2) is 0 Å². The van der Waals surface area contributed by atoms with Crippen LogP contribution in [-0.4, -0.2) is 35.0 Å². The molecule has 1 saturated carbocycles. The van der Waals surface area contributed by atoms with E-state index < -0.39 is 5.97 Å². The van der Waals surface area contributed by atoms with Gasteiger partial charge in [-0.2, -0.15) is 0 Å². The van der Waals surface area contributed by atoms with Crippen LogP contribution in [-0.2, 0) is 16.1 Å². The number of carbonyl (C=O) groups is 2. The first-order valence-electron chi connectivity index (χ1n) is 10.1. The van der Waals surface area contributed by atoms with Crippen LogP contribution in [0.1, 0.15) is 36.3 Å². The number of hydrogen-bond donors (Lipinski definition) is 2. The fraction of sp³-hybridized carbons (Fsp3) is 0.391. The molecule has 1 heterocycles. The molecule has 0 bridgehead atoms. The van der Waals surface area contributed by atoms with Gasteiger partial charge in [0, 0.05) is 12.5 Å². The molecule has 6 heteroatoms. The minimum atomic E-state index is -0.699. The normalized spacial score (nSPS) is 22.2. The molecule has 2 fully saturated rings. The van der Waals surface area contributed by atoms with Crippen molar-refractivity contribution in [3.05, 3.63) is 64.7 Å². The lowest BCUT2D eigenvalue weighted by molar-refractivity contribution is -0.143. The Morgan fingerprint density at radius 2 is 1.83 bits per heavy atom. The van der Waals surface area contributed by atoms with Crippen LogP contribution in [0, 0.1) is 11.8 Å². The van der Waals surface area contributed by atoms with Gasteiger partial charge in [0.05, 0.1) is 16.6 Å². The van der Waals surface area contributed by atoms with Crippen LogP contribution >= 0.6 is 11.6 Å². The first-order chi connectivity index (χ1) is 14.0. The van der Waals surface area contributed by atoms with Gasteiger partial charge < -0.3 is 10.4 Å². The number of hydrogen-bond acceptors (Lipinski definition) is 3. The molecule has 1 aliphatic carbocycles. The first-order valence-corrected chi connectivity index (χ1v) is 10.5. The number of carboxylic acid groups (broad SMARTS) is 1. The highest BCUT2D eigenvalue weighted by Gasteiger charge is 2.43. The quantitative estimate of drug-likeness (QED) is 0.738. The van der Waals surface area contributed by atoms with E-state index in [1.165, 1.54) is 5.56 Å². The lowest BCUT2D eigenvalue weighted by Gasteiger charge is -2.30. The highest BCUT2D eigenvalue weighted by molar-refractivity contribution is 6.33. The minimum absolute atomic E-state index is 0.00725. The summed E-state index contributed by atoms with van der Waals surface area (Å²) >= 11 is 6.32. The predicted octanol–water partition coefficient (Wildman–Crippen LogP) is 4.38. The van der Waals surface area contributed by atoms with E-state index in [-0.39, 0.29) is 23.7 Å². The molecular formula is C23H25ClN2O3. The zero-order valence-electron chi connectivity index (χ0n) is 16.2. The third-order valence-electron chi connectivity index (χ3n) is 5.99. The summed E-state index contributed by atoms with van der Waals surface area (Å²) in [5.74, 6) is -0.640. The molecule has 2 unspecified atom stereocenters. The van der Waals surface area contributed by atoms with Crippen molar-refractivity contribution in [1.29, 1.82) is 0 Å². The van der Waals surface area contributed by atoms with Crippen LogP contribution < -0.4 is 5.32 Å². The van der Waals surface area contributed by atoms with E-state index in [4.69, 9.17) is 16.7 Å². The molecule has 0 spiro atoms. The Bertz CT molecular complexity index is 894. The molecule has 0 aromatic heterocycles. The fourth-order valence-corrected chi connectivity index (χ4v) is 4.31. The Morgan fingerprint density at radius 3 is 2.52 bits per heavy atom. The Balaban J connectivity index is 1.35. The largest absolute Gasteiger partial charge is 0.481 e. The highest BCUT2D eigenvalue weighted by Crippen LogP contribution is 2.48. The monoisotopic (exact) mass is 412 g/mol. The number of nitrogens with zero attached hydrogens (tertiary/aromatic N) is 1. The van der Waals surface area contributed by atoms with Gasteiger partial charge in [-0.05, 0) is 61.5 Å². The van der Waals surface area contributed by atoms with Gasteiger partial charge >= 0.3 is 5.97 Å². The molecule has 4 rings (SSSR count). The van der Waals surface area contributed by atoms with Crippen molar-refractivity contribution in [2.45, 2.75) is 31.7 Å². The molecule has 152 valence electrons. The van der Waals surface area contributed by atoms with Crippen LogP contribution in [0.4, 0.5) is 5.69 Å². The second kappa shape index (κ2) is 8.56. The second-order valence-electron chi connectivity index (χ2n) is 8.05. The molecule has 2 atom stereocenters. The molecule has 29 heavy (non-hydrogen) atoms. The highest BCUT2D eigenvalue weighted by atomic mass is 35.5. The van der Waals surface area contributed by atoms with Crippen molar-refractivity contribution in [2.75, 3.05) is 18.4 Å². The van der Waals surface area contributed by atoms with Crippen molar-refractivity contribution in [2.24, 2.45) is 11.8 Å². The number of amides is 1. The van der Waals surface area contributed by atoms with E-state index in [0.29, 0.717) is 23.6 Å². The number of carboxylic acids is 1. The molecule has 0 radical (unpaired) electrons. The number of nitrogens with one attached hydrogen (secondary N) is 1. The third kappa shape index (κ3) is 4.80. The summed E-state index contributed by atoms with van der Waals surface area (Å²) in [5.41, 5.74) is 2.92. The number of benzene rings is 2. The zero-order valence-corrected chi connectivity index (χ0v) is 16.9. The maximum absolute atomic E-state index is 12.7. The Labute approximate surface area is 175 Å². The Morgan fingerprint density at radius 1 is 1.10 bits per heavy atom. The van der Waals surface area contributed by atoms with Gasteiger partial charge in [-0.3, -0.25) is 14.5 Å². The molecule has 1 aliphatic heterocycles. The molecule has 1 amide bonds. The SMILES string of the molecule is O=C(O)C1CCN(Cc2ccc(Cl)c(NC(=O)C3CC3c3ccccc3)c2)CC1. The van der Waals surface area contributed by atoms with Crippen LogP contribution in [0.3, 0.4) is 0 Å². The summed E-state index contributed by atoms with van der Waals surface area (Å²) in [5, 5.41) is 12.7. The topological polar surface area (TPSA) is 69.6 Å². The number of piperidine rings is 1. The minimum Gasteiger partial charge on any atom is -0.481 e. The van der Waals surface area contributed by atoms with Crippen molar-refractivity contribution < 1.29 is 14.7 Å². The lowest BCUT2D eigenvalue weighted by atomic mass is 9.97. The van der Waals surface area contributed by atoms with Gasteiger partial charge in [0.1, 0.15) is 0 Å². The van der Waals surface area contributed by atoms with Gasteiger partial charge in [0.25, 0.3) is 0 Å². The first kappa shape index (κ1) is 19.9. The maximum Gasteiger partial charge on any atom is 0.306 e. The summed E-state index contributed by atoms with van der Waals surface area (Å²) in [4.78, 5) is 26.0. The van der Waals surface area contributed by atoms with Crippen molar-refractivity contribution >= 4 is 29.2 Å². The zero-order chi connectivity index (χ0) is 20.4. The summed E-state index contributed by atoms with van der Waals surface area (Å²) in [6.45, 7) is 2.26. The lowest BCUT2D eigenvalue weighted by Crippen LogP contribution is -2.35. The molecular weight excluding hydrogens is 388 g/mol.